The van der Waals surface area contributed by atoms with E-state index in [0.717, 1.165) is 56.2 Å². The van der Waals surface area contributed by atoms with Gasteiger partial charge in [0.25, 0.3) is 0 Å². The fourth-order valence-corrected chi connectivity index (χ4v) is 4.01. The second-order valence-electron chi connectivity index (χ2n) is 7.85. The summed E-state index contributed by atoms with van der Waals surface area (Å²) in [6, 6.07) is 8.11. The zero-order chi connectivity index (χ0) is 20.9. The van der Waals surface area contributed by atoms with Crippen molar-refractivity contribution in [1.82, 2.24) is 14.8 Å². The molecule has 1 amide bonds. The second-order valence-corrected chi connectivity index (χ2v) is 7.85. The largest absolute Gasteiger partial charge is 0.493 e. The third-order valence-electron chi connectivity index (χ3n) is 5.57. The molecule has 158 valence electrons. The lowest BCUT2D eigenvalue weighted by Crippen LogP contribution is -2.47. The Kier molecular flexibility index (Phi) is 6.33. The summed E-state index contributed by atoms with van der Waals surface area (Å²) in [6.07, 6.45) is 8.22. The summed E-state index contributed by atoms with van der Waals surface area (Å²) in [5.41, 5.74) is 3.30. The number of carbonyl (C=O) groups excluding carboxylic acids is 1. The van der Waals surface area contributed by atoms with Crippen LogP contribution in [0.3, 0.4) is 0 Å². The first-order valence-electron chi connectivity index (χ1n) is 10.7. The van der Waals surface area contributed by atoms with Crippen LogP contribution in [-0.4, -0.2) is 59.6 Å². The molecule has 1 aromatic heterocycles. The van der Waals surface area contributed by atoms with Crippen molar-refractivity contribution in [3.05, 3.63) is 59.4 Å². The number of carbonyl (C=O) groups is 1. The number of pyridine rings is 1. The molecular formula is C24H29N3O3. The summed E-state index contributed by atoms with van der Waals surface area (Å²) in [7, 11) is 0. The predicted molar refractivity (Wildman–Crippen MR) is 117 cm³/mol. The lowest BCUT2D eigenvalue weighted by Gasteiger charge is -2.34. The minimum atomic E-state index is 0.0378. The maximum atomic E-state index is 12.7. The quantitative estimate of drug-likeness (QED) is 0.689. The average molecular weight is 408 g/mol. The van der Waals surface area contributed by atoms with Crippen LogP contribution in [0.5, 0.6) is 11.5 Å². The van der Waals surface area contributed by atoms with Crippen molar-refractivity contribution in [3.8, 4) is 11.5 Å². The van der Waals surface area contributed by atoms with E-state index in [0.29, 0.717) is 6.61 Å². The molecule has 6 nitrogen and oxygen atoms in total. The van der Waals surface area contributed by atoms with Crippen LogP contribution >= 0.6 is 0 Å². The molecule has 0 saturated carbocycles. The van der Waals surface area contributed by atoms with Gasteiger partial charge in [-0.25, -0.2) is 0 Å². The monoisotopic (exact) mass is 407 g/mol. The summed E-state index contributed by atoms with van der Waals surface area (Å²) in [6.45, 7) is 8.72. The zero-order valence-corrected chi connectivity index (χ0v) is 17.7. The number of amides is 1. The Morgan fingerprint density at radius 1 is 1.23 bits per heavy atom. The number of ether oxygens (including phenoxy) is 2. The summed E-state index contributed by atoms with van der Waals surface area (Å²) in [4.78, 5) is 21.1. The van der Waals surface area contributed by atoms with Crippen LogP contribution in [0.1, 0.15) is 30.5 Å². The van der Waals surface area contributed by atoms with Gasteiger partial charge in [0.05, 0.1) is 6.61 Å². The van der Waals surface area contributed by atoms with E-state index < -0.39 is 0 Å². The Bertz CT molecular complexity index is 905. The van der Waals surface area contributed by atoms with Gasteiger partial charge in [0.2, 0.25) is 5.91 Å². The van der Waals surface area contributed by atoms with E-state index in [4.69, 9.17) is 9.47 Å². The second kappa shape index (κ2) is 9.30. The van der Waals surface area contributed by atoms with Crippen LogP contribution in [-0.2, 0) is 17.8 Å². The molecule has 2 aliphatic rings. The normalized spacial score (nSPS) is 19.0. The topological polar surface area (TPSA) is 54.9 Å². The van der Waals surface area contributed by atoms with E-state index in [-0.39, 0.29) is 12.0 Å². The van der Waals surface area contributed by atoms with Crippen molar-refractivity contribution in [1.29, 1.82) is 0 Å². The van der Waals surface area contributed by atoms with E-state index in [9.17, 15) is 4.79 Å². The minimum Gasteiger partial charge on any atom is -0.493 e. The number of aromatic nitrogens is 1. The van der Waals surface area contributed by atoms with Crippen molar-refractivity contribution in [3.63, 3.8) is 0 Å². The smallest absolute Gasteiger partial charge is 0.246 e. The van der Waals surface area contributed by atoms with E-state index >= 15 is 0 Å². The highest BCUT2D eigenvalue weighted by molar-refractivity contribution is 5.92. The van der Waals surface area contributed by atoms with Gasteiger partial charge in [0.15, 0.2) is 0 Å². The summed E-state index contributed by atoms with van der Waals surface area (Å²) >= 11 is 0. The molecule has 0 N–H and O–H groups in total. The van der Waals surface area contributed by atoms with Crippen LogP contribution in [0.4, 0.5) is 0 Å². The molecule has 30 heavy (non-hydrogen) atoms. The summed E-state index contributed by atoms with van der Waals surface area (Å²) < 4.78 is 11.7. The molecule has 1 saturated heterocycles. The van der Waals surface area contributed by atoms with Gasteiger partial charge in [0.1, 0.15) is 17.6 Å². The van der Waals surface area contributed by atoms with Crippen LogP contribution in [0.25, 0.3) is 6.08 Å². The van der Waals surface area contributed by atoms with Crippen molar-refractivity contribution >= 4 is 12.0 Å². The minimum absolute atomic E-state index is 0.0378. The molecule has 2 aromatic rings. The van der Waals surface area contributed by atoms with E-state index in [1.807, 2.05) is 54.6 Å². The van der Waals surface area contributed by atoms with Crippen molar-refractivity contribution in [2.75, 3.05) is 32.8 Å². The molecule has 0 spiro atoms. The third kappa shape index (κ3) is 4.82. The van der Waals surface area contributed by atoms with Gasteiger partial charge in [-0.3, -0.25) is 14.7 Å². The van der Waals surface area contributed by atoms with Crippen molar-refractivity contribution in [2.45, 2.75) is 32.9 Å². The summed E-state index contributed by atoms with van der Waals surface area (Å²) in [5, 5.41) is 0. The number of hydrogen-bond donors (Lipinski definition) is 0. The van der Waals surface area contributed by atoms with Crippen LogP contribution in [0.2, 0.25) is 0 Å². The average Bonchev–Trinajstić information content (AvgIpc) is 3.12. The number of rotatable bonds is 6. The highest BCUT2D eigenvalue weighted by atomic mass is 16.5. The molecule has 4 rings (SSSR count). The molecular weight excluding hydrogens is 378 g/mol. The van der Waals surface area contributed by atoms with E-state index in [2.05, 4.69) is 16.8 Å². The first-order chi connectivity index (χ1) is 14.6. The molecule has 6 heteroatoms. The van der Waals surface area contributed by atoms with Gasteiger partial charge in [-0.15, -0.1) is 0 Å². The van der Waals surface area contributed by atoms with Gasteiger partial charge in [-0.05, 0) is 49.8 Å². The molecule has 1 aromatic carbocycles. The highest BCUT2D eigenvalue weighted by Gasteiger charge is 2.22. The molecule has 0 bridgehead atoms. The predicted octanol–water partition coefficient (Wildman–Crippen LogP) is 3.16. The number of benzene rings is 1. The standard InChI is InChI=1S/C24H29N3O3/c1-3-29-22-16-21-14-18(2)30-23(21)15-20(22)4-5-24(28)27-12-10-26(11-13-27)17-19-6-8-25-9-7-19/h4-9,15-16,18H,3,10-14,17H2,1-2H3/b5-4+/t18-/m0/s1. The van der Waals surface area contributed by atoms with Gasteiger partial charge in [-0.1, -0.05) is 0 Å². The Morgan fingerprint density at radius 2 is 2.00 bits per heavy atom. The maximum absolute atomic E-state index is 12.7. The molecule has 0 aliphatic carbocycles. The maximum Gasteiger partial charge on any atom is 0.246 e. The lowest BCUT2D eigenvalue weighted by molar-refractivity contribution is -0.127. The van der Waals surface area contributed by atoms with Gasteiger partial charge in [0, 0.05) is 68.7 Å². The van der Waals surface area contributed by atoms with Gasteiger partial charge >= 0.3 is 0 Å². The zero-order valence-electron chi connectivity index (χ0n) is 17.7. The SMILES string of the molecule is CCOc1cc2c(cc1/C=C/C(=O)N1CCN(Cc3ccncc3)CC1)O[C@@H](C)C2. The van der Waals surface area contributed by atoms with Crippen molar-refractivity contribution in [2.24, 2.45) is 0 Å². The Hall–Kier alpha value is -2.86. The molecule has 0 unspecified atom stereocenters. The fraction of sp³-hybridized carbons (Fsp3) is 0.417. The Labute approximate surface area is 178 Å². The van der Waals surface area contributed by atoms with E-state index in [1.165, 1.54) is 11.1 Å². The number of nitrogens with zero attached hydrogens (tertiary/aromatic N) is 3. The van der Waals surface area contributed by atoms with Gasteiger partial charge < -0.3 is 14.4 Å². The lowest BCUT2D eigenvalue weighted by atomic mass is 10.1. The van der Waals surface area contributed by atoms with Crippen LogP contribution < -0.4 is 9.47 Å². The number of piperazine rings is 1. The first kappa shape index (κ1) is 20.4. The van der Waals surface area contributed by atoms with Gasteiger partial charge in [-0.2, -0.15) is 0 Å². The van der Waals surface area contributed by atoms with Crippen LogP contribution in [0.15, 0.2) is 42.7 Å². The van der Waals surface area contributed by atoms with E-state index in [1.54, 1.807) is 6.08 Å². The molecule has 3 heterocycles. The highest BCUT2D eigenvalue weighted by Crippen LogP contribution is 2.35. The van der Waals surface area contributed by atoms with Crippen molar-refractivity contribution < 1.29 is 14.3 Å². The first-order valence-corrected chi connectivity index (χ1v) is 10.7. The molecule has 2 aliphatic heterocycles. The Balaban J connectivity index is 1.37. The molecule has 1 atom stereocenters. The molecule has 0 radical (unpaired) electrons. The number of hydrogen-bond acceptors (Lipinski definition) is 5. The number of fused-ring (bicyclic) bond motifs is 1. The van der Waals surface area contributed by atoms with Crippen LogP contribution in [0, 0.1) is 0 Å². The third-order valence-corrected chi connectivity index (χ3v) is 5.57. The Morgan fingerprint density at radius 3 is 2.73 bits per heavy atom. The molecule has 1 fully saturated rings. The fourth-order valence-electron chi connectivity index (χ4n) is 4.01. The summed E-state index contributed by atoms with van der Waals surface area (Å²) in [5.74, 6) is 1.73.